The van der Waals surface area contributed by atoms with Crippen molar-refractivity contribution in [2.75, 3.05) is 7.05 Å². The number of hydrogen-bond donors (Lipinski definition) is 1. The minimum Gasteiger partial charge on any atom is -0.361 e. The molecule has 1 aliphatic rings. The zero-order chi connectivity index (χ0) is 12.8. The SMILES string of the molecule is CN1C=CC(C)(Cc2c[nH]c3ccccc23)C1=O. The third kappa shape index (κ3) is 1.55. The van der Waals surface area contributed by atoms with E-state index in [1.54, 1.807) is 11.9 Å². The molecule has 3 rings (SSSR count). The number of fused-ring (bicyclic) bond motifs is 1. The number of para-hydroxylation sites is 1. The summed E-state index contributed by atoms with van der Waals surface area (Å²) in [7, 11) is 1.80. The van der Waals surface area contributed by atoms with Gasteiger partial charge >= 0.3 is 0 Å². The lowest BCUT2D eigenvalue weighted by Gasteiger charge is -2.21. The summed E-state index contributed by atoms with van der Waals surface area (Å²) in [5.41, 5.74) is 1.90. The molecule has 0 spiro atoms. The first-order valence-electron chi connectivity index (χ1n) is 6.12. The van der Waals surface area contributed by atoms with Gasteiger partial charge in [0.2, 0.25) is 5.91 Å². The Morgan fingerprint density at radius 1 is 1.33 bits per heavy atom. The van der Waals surface area contributed by atoms with Crippen LogP contribution < -0.4 is 0 Å². The third-order valence-electron chi connectivity index (χ3n) is 3.71. The van der Waals surface area contributed by atoms with Gasteiger partial charge in [0.25, 0.3) is 0 Å². The minimum absolute atomic E-state index is 0.160. The van der Waals surface area contributed by atoms with Gasteiger partial charge in [-0.25, -0.2) is 0 Å². The summed E-state index contributed by atoms with van der Waals surface area (Å²) in [4.78, 5) is 17.1. The van der Waals surface area contributed by atoms with Gasteiger partial charge in [0.05, 0.1) is 5.41 Å². The van der Waals surface area contributed by atoms with Crippen molar-refractivity contribution in [1.82, 2.24) is 9.88 Å². The van der Waals surface area contributed by atoms with E-state index in [2.05, 4.69) is 17.1 Å². The number of nitrogens with zero attached hydrogens (tertiary/aromatic N) is 1. The van der Waals surface area contributed by atoms with Gasteiger partial charge in [-0.2, -0.15) is 0 Å². The van der Waals surface area contributed by atoms with E-state index in [-0.39, 0.29) is 5.91 Å². The average molecular weight is 240 g/mol. The summed E-state index contributed by atoms with van der Waals surface area (Å²) >= 11 is 0. The second-order valence-electron chi connectivity index (χ2n) is 5.19. The highest BCUT2D eigenvalue weighted by molar-refractivity contribution is 5.89. The number of carbonyl (C=O) groups is 1. The van der Waals surface area contributed by atoms with E-state index >= 15 is 0 Å². The van der Waals surface area contributed by atoms with E-state index in [4.69, 9.17) is 0 Å². The van der Waals surface area contributed by atoms with Gasteiger partial charge in [-0.15, -0.1) is 0 Å². The van der Waals surface area contributed by atoms with Crippen molar-refractivity contribution in [2.24, 2.45) is 5.41 Å². The first-order chi connectivity index (χ1) is 8.60. The van der Waals surface area contributed by atoms with Crippen LogP contribution in [0.1, 0.15) is 12.5 Å². The van der Waals surface area contributed by atoms with Crippen LogP contribution in [0.4, 0.5) is 0 Å². The van der Waals surface area contributed by atoms with Crippen molar-refractivity contribution in [2.45, 2.75) is 13.3 Å². The van der Waals surface area contributed by atoms with E-state index < -0.39 is 5.41 Å². The second kappa shape index (κ2) is 3.73. The summed E-state index contributed by atoms with van der Waals surface area (Å²) in [6, 6.07) is 8.19. The van der Waals surface area contributed by atoms with Crippen molar-refractivity contribution in [3.8, 4) is 0 Å². The van der Waals surface area contributed by atoms with Gasteiger partial charge in [-0.3, -0.25) is 4.79 Å². The molecular formula is C15H16N2O. The van der Waals surface area contributed by atoms with Gasteiger partial charge < -0.3 is 9.88 Å². The van der Waals surface area contributed by atoms with Crippen LogP contribution in [0.2, 0.25) is 0 Å². The average Bonchev–Trinajstić information content (AvgIpc) is 2.88. The molecule has 1 unspecified atom stereocenters. The summed E-state index contributed by atoms with van der Waals surface area (Å²) in [6.07, 6.45) is 6.60. The van der Waals surface area contributed by atoms with Gasteiger partial charge in [-0.1, -0.05) is 24.3 Å². The molecule has 1 aliphatic heterocycles. The quantitative estimate of drug-likeness (QED) is 0.860. The molecule has 1 aromatic carbocycles. The van der Waals surface area contributed by atoms with Gasteiger partial charge in [-0.05, 0) is 25.0 Å². The fourth-order valence-electron chi connectivity index (χ4n) is 2.63. The molecule has 3 nitrogen and oxygen atoms in total. The number of H-pyrrole nitrogens is 1. The molecule has 1 aromatic heterocycles. The highest BCUT2D eigenvalue weighted by Crippen LogP contribution is 2.33. The van der Waals surface area contributed by atoms with Crippen LogP contribution in [0, 0.1) is 5.41 Å². The number of rotatable bonds is 2. The predicted octanol–water partition coefficient (Wildman–Crippen LogP) is 2.70. The smallest absolute Gasteiger partial charge is 0.236 e. The standard InChI is InChI=1S/C15H16N2O/c1-15(7-8-17(2)14(15)18)9-11-10-16-13-6-4-3-5-12(11)13/h3-8,10,16H,9H2,1-2H3. The Hall–Kier alpha value is -2.03. The molecule has 0 radical (unpaired) electrons. The topological polar surface area (TPSA) is 36.1 Å². The van der Waals surface area contributed by atoms with Crippen molar-refractivity contribution in [3.63, 3.8) is 0 Å². The van der Waals surface area contributed by atoms with Gasteiger partial charge in [0.1, 0.15) is 0 Å². The van der Waals surface area contributed by atoms with E-state index in [0.29, 0.717) is 0 Å². The van der Waals surface area contributed by atoms with Crippen molar-refractivity contribution >= 4 is 16.8 Å². The molecule has 2 aromatic rings. The Balaban J connectivity index is 1.98. The first-order valence-corrected chi connectivity index (χ1v) is 6.12. The van der Waals surface area contributed by atoms with Crippen LogP contribution in [0.3, 0.4) is 0 Å². The Bertz CT molecular complexity index is 641. The van der Waals surface area contributed by atoms with Gasteiger partial charge in [0, 0.05) is 30.3 Å². The molecule has 0 saturated carbocycles. The number of amides is 1. The molecule has 0 bridgehead atoms. The summed E-state index contributed by atoms with van der Waals surface area (Å²) in [5, 5.41) is 1.20. The number of benzene rings is 1. The molecule has 1 amide bonds. The van der Waals surface area contributed by atoms with Crippen LogP contribution in [0.5, 0.6) is 0 Å². The van der Waals surface area contributed by atoms with E-state index in [9.17, 15) is 4.79 Å². The second-order valence-corrected chi connectivity index (χ2v) is 5.19. The Morgan fingerprint density at radius 2 is 2.11 bits per heavy atom. The summed E-state index contributed by atoms with van der Waals surface area (Å²) in [6.45, 7) is 2.00. The molecule has 2 heterocycles. The molecule has 0 aliphatic carbocycles. The molecule has 3 heteroatoms. The highest BCUT2D eigenvalue weighted by atomic mass is 16.2. The first kappa shape index (κ1) is 11.1. The van der Waals surface area contributed by atoms with E-state index in [1.807, 2.05) is 37.5 Å². The summed E-state index contributed by atoms with van der Waals surface area (Å²) < 4.78 is 0. The van der Waals surface area contributed by atoms with Crippen molar-refractivity contribution in [3.05, 3.63) is 48.3 Å². The van der Waals surface area contributed by atoms with Crippen LogP contribution >= 0.6 is 0 Å². The number of carbonyl (C=O) groups excluding carboxylic acids is 1. The number of aromatic amines is 1. The number of hydrogen-bond acceptors (Lipinski definition) is 1. The maximum absolute atomic E-state index is 12.1. The minimum atomic E-state index is -0.417. The number of nitrogens with one attached hydrogen (secondary N) is 1. The van der Waals surface area contributed by atoms with E-state index in [0.717, 1.165) is 11.9 Å². The van der Waals surface area contributed by atoms with Crippen molar-refractivity contribution < 1.29 is 4.79 Å². The maximum Gasteiger partial charge on any atom is 0.236 e. The molecule has 18 heavy (non-hydrogen) atoms. The molecule has 0 saturated heterocycles. The van der Waals surface area contributed by atoms with Crippen molar-refractivity contribution in [1.29, 1.82) is 0 Å². The zero-order valence-corrected chi connectivity index (χ0v) is 10.6. The van der Waals surface area contributed by atoms with Gasteiger partial charge in [0.15, 0.2) is 0 Å². The molecule has 1 N–H and O–H groups in total. The predicted molar refractivity (Wildman–Crippen MR) is 72.0 cm³/mol. The third-order valence-corrected chi connectivity index (χ3v) is 3.71. The Morgan fingerprint density at radius 3 is 2.83 bits per heavy atom. The molecule has 92 valence electrons. The van der Waals surface area contributed by atoms with Crippen LogP contribution in [0.25, 0.3) is 10.9 Å². The monoisotopic (exact) mass is 240 g/mol. The lowest BCUT2D eigenvalue weighted by Crippen LogP contribution is -2.32. The lowest BCUT2D eigenvalue weighted by atomic mass is 9.84. The van der Waals surface area contributed by atoms with Crippen LogP contribution in [0.15, 0.2) is 42.7 Å². The summed E-state index contributed by atoms with van der Waals surface area (Å²) in [5.74, 6) is 0.160. The lowest BCUT2D eigenvalue weighted by molar-refractivity contribution is -0.133. The zero-order valence-electron chi connectivity index (χ0n) is 10.6. The van der Waals surface area contributed by atoms with Crippen LogP contribution in [-0.2, 0) is 11.2 Å². The Labute approximate surface area is 106 Å². The molecular weight excluding hydrogens is 224 g/mol. The maximum atomic E-state index is 12.1. The fraction of sp³-hybridized carbons (Fsp3) is 0.267. The van der Waals surface area contributed by atoms with Crippen LogP contribution in [-0.4, -0.2) is 22.8 Å². The fourth-order valence-corrected chi connectivity index (χ4v) is 2.63. The Kier molecular flexibility index (Phi) is 2.30. The number of aromatic nitrogens is 1. The molecule has 0 fully saturated rings. The highest BCUT2D eigenvalue weighted by Gasteiger charge is 2.37. The normalized spacial score (nSPS) is 23.2. The molecule has 1 atom stereocenters. The van der Waals surface area contributed by atoms with E-state index in [1.165, 1.54) is 10.9 Å². The largest absolute Gasteiger partial charge is 0.361 e.